The van der Waals surface area contributed by atoms with Crippen LogP contribution in [-0.4, -0.2) is 51.7 Å². The molecule has 0 atom stereocenters. The molecule has 0 aliphatic carbocycles. The number of halogens is 1. The monoisotopic (exact) mass is 565 g/mol. The van der Waals surface area contributed by atoms with Crippen LogP contribution in [0.1, 0.15) is 26.7 Å². The van der Waals surface area contributed by atoms with Gasteiger partial charge < -0.3 is 26.0 Å². The summed E-state index contributed by atoms with van der Waals surface area (Å²) in [6.45, 7) is 6.09. The number of nitrogen functional groups attached to an aromatic ring is 1. The summed E-state index contributed by atoms with van der Waals surface area (Å²) in [5, 5.41) is 22.2. The quantitative estimate of drug-likeness (QED) is 0.363. The molecule has 12 heteroatoms. The molecule has 0 spiro atoms. The maximum atomic E-state index is 13.0. The third-order valence-electron chi connectivity index (χ3n) is 6.84. The fraction of sp³-hybridized carbons (Fsp3) is 0.296. The number of carbonyl (C=O) groups excluding carboxylic acids is 2. The summed E-state index contributed by atoms with van der Waals surface area (Å²) in [7, 11) is 0. The molecule has 5 rings (SSSR count). The van der Waals surface area contributed by atoms with E-state index in [1.807, 2.05) is 6.07 Å². The van der Waals surface area contributed by atoms with Crippen LogP contribution < -0.4 is 20.9 Å². The van der Waals surface area contributed by atoms with Gasteiger partial charge in [0.1, 0.15) is 11.3 Å². The van der Waals surface area contributed by atoms with Crippen LogP contribution >= 0.6 is 23.4 Å². The van der Waals surface area contributed by atoms with Gasteiger partial charge in [-0.3, -0.25) is 9.59 Å². The van der Waals surface area contributed by atoms with Gasteiger partial charge in [0.2, 0.25) is 5.95 Å². The smallest absolute Gasteiger partial charge is 0.267 e. The molecule has 1 aromatic heterocycles. The van der Waals surface area contributed by atoms with E-state index in [1.165, 1.54) is 16.7 Å². The second-order valence-corrected chi connectivity index (χ2v) is 11.6. The van der Waals surface area contributed by atoms with Crippen LogP contribution in [0.3, 0.4) is 0 Å². The summed E-state index contributed by atoms with van der Waals surface area (Å²) in [6, 6.07) is 13.9. The van der Waals surface area contributed by atoms with Crippen molar-refractivity contribution >= 4 is 58.3 Å². The van der Waals surface area contributed by atoms with E-state index in [0.29, 0.717) is 27.0 Å². The zero-order chi connectivity index (χ0) is 27.7. The summed E-state index contributed by atoms with van der Waals surface area (Å²) in [5.41, 5.74) is 7.04. The minimum absolute atomic E-state index is 0.0919. The van der Waals surface area contributed by atoms with E-state index in [4.69, 9.17) is 17.3 Å². The number of hydrogen-bond donors (Lipinski definition) is 3. The van der Waals surface area contributed by atoms with Gasteiger partial charge >= 0.3 is 0 Å². The summed E-state index contributed by atoms with van der Waals surface area (Å²) in [4.78, 5) is 34.4. The van der Waals surface area contributed by atoms with E-state index in [2.05, 4.69) is 39.2 Å². The number of anilines is 4. The maximum absolute atomic E-state index is 13.0. The van der Waals surface area contributed by atoms with Crippen LogP contribution in [-0.2, 0) is 9.59 Å². The molecule has 0 saturated carbocycles. The minimum atomic E-state index is -0.755. The number of aliphatic hydroxyl groups excluding tert-OH is 1. The predicted octanol–water partition coefficient (Wildman–Crippen LogP) is 4.68. The number of benzene rings is 2. The van der Waals surface area contributed by atoms with E-state index in [0.717, 1.165) is 25.9 Å². The van der Waals surface area contributed by atoms with Crippen LogP contribution in [0.15, 0.2) is 69.8 Å². The van der Waals surface area contributed by atoms with Crippen molar-refractivity contribution in [3.05, 3.63) is 64.9 Å². The van der Waals surface area contributed by atoms with Crippen molar-refractivity contribution in [2.24, 2.45) is 5.41 Å². The van der Waals surface area contributed by atoms with Crippen LogP contribution in [0.4, 0.5) is 23.1 Å². The predicted molar refractivity (Wildman–Crippen MR) is 152 cm³/mol. The van der Waals surface area contributed by atoms with Gasteiger partial charge in [-0.2, -0.15) is 4.98 Å². The maximum Gasteiger partial charge on any atom is 0.267 e. The Balaban J connectivity index is 1.29. The lowest BCUT2D eigenvalue weighted by atomic mass is 9.83. The fourth-order valence-electron chi connectivity index (χ4n) is 4.42. The standard InChI is InChI=1S/C27H28ClN7O3S/c1-27(2)11-13-34(14-12-27)26-31-22(29)24(32-33-26)39-19-10-6-9-17(21(19)28)30-23(37)20-18(36)15-35(25(20)38)16-7-4-3-5-8-16/h3-10,36H,11-15H2,1-2H3,(H,30,37)(H2,29,31,33). The molecule has 1 fully saturated rings. The normalized spacial score (nSPS) is 17.1. The molecule has 1 saturated heterocycles. The molecule has 3 heterocycles. The SMILES string of the molecule is CC1(C)CCN(c2nnc(Sc3cccc(NC(=O)C4=C(O)CN(c5ccccc5)C4=O)c3Cl)c(N)n2)CC1. The molecular formula is C27H28ClN7O3S. The Hall–Kier alpha value is -3.83. The average molecular weight is 566 g/mol. The molecule has 4 N–H and O–H groups in total. The summed E-state index contributed by atoms with van der Waals surface area (Å²) < 4.78 is 0. The van der Waals surface area contributed by atoms with E-state index in [9.17, 15) is 14.7 Å². The molecule has 3 aromatic rings. The molecule has 2 aliphatic heterocycles. The van der Waals surface area contributed by atoms with Gasteiger partial charge in [0.05, 0.1) is 17.3 Å². The molecule has 2 aliphatic rings. The Morgan fingerprint density at radius 3 is 2.51 bits per heavy atom. The van der Waals surface area contributed by atoms with Gasteiger partial charge in [-0.25, -0.2) is 0 Å². The number of hydrogen-bond acceptors (Lipinski definition) is 9. The van der Waals surface area contributed by atoms with Crippen molar-refractivity contribution in [3.63, 3.8) is 0 Å². The number of piperidine rings is 1. The Morgan fingerprint density at radius 2 is 1.82 bits per heavy atom. The second kappa shape index (κ2) is 10.7. The highest BCUT2D eigenvalue weighted by molar-refractivity contribution is 7.99. The zero-order valence-corrected chi connectivity index (χ0v) is 23.1. The highest BCUT2D eigenvalue weighted by Crippen LogP contribution is 2.39. The van der Waals surface area contributed by atoms with Crippen molar-refractivity contribution in [1.29, 1.82) is 0 Å². The summed E-state index contributed by atoms with van der Waals surface area (Å²) in [5.74, 6) is -0.930. The first kappa shape index (κ1) is 26.8. The summed E-state index contributed by atoms with van der Waals surface area (Å²) >= 11 is 7.78. The second-order valence-electron chi connectivity index (χ2n) is 10.2. The van der Waals surface area contributed by atoms with Gasteiger partial charge in [0.25, 0.3) is 11.8 Å². The lowest BCUT2D eigenvalue weighted by Gasteiger charge is -2.36. The molecular weight excluding hydrogens is 538 g/mol. The van der Waals surface area contributed by atoms with Crippen molar-refractivity contribution in [1.82, 2.24) is 15.2 Å². The molecule has 10 nitrogen and oxygen atoms in total. The Labute approximate surface area is 235 Å². The van der Waals surface area contributed by atoms with Gasteiger partial charge in [-0.15, -0.1) is 10.2 Å². The molecule has 202 valence electrons. The number of para-hydroxylation sites is 1. The first-order valence-corrected chi connectivity index (χ1v) is 13.6. The fourth-order valence-corrected chi connectivity index (χ4v) is 5.49. The van der Waals surface area contributed by atoms with Crippen LogP contribution in [0, 0.1) is 5.41 Å². The largest absolute Gasteiger partial charge is 0.509 e. The first-order chi connectivity index (χ1) is 18.6. The molecule has 39 heavy (non-hydrogen) atoms. The summed E-state index contributed by atoms with van der Waals surface area (Å²) in [6.07, 6.45) is 2.07. The molecule has 0 unspecified atom stereocenters. The average Bonchev–Trinajstić information content (AvgIpc) is 3.21. The van der Waals surface area contributed by atoms with Gasteiger partial charge in [0.15, 0.2) is 10.8 Å². The number of carbonyl (C=O) groups is 2. The highest BCUT2D eigenvalue weighted by atomic mass is 35.5. The molecule has 2 aromatic carbocycles. The number of aromatic nitrogens is 3. The van der Waals surface area contributed by atoms with Gasteiger partial charge in [0, 0.05) is 23.7 Å². The third-order valence-corrected chi connectivity index (χ3v) is 8.40. The molecule has 0 radical (unpaired) electrons. The minimum Gasteiger partial charge on any atom is -0.509 e. The van der Waals surface area contributed by atoms with E-state index in [1.54, 1.807) is 42.5 Å². The number of nitrogens with one attached hydrogen (secondary N) is 1. The first-order valence-electron chi connectivity index (χ1n) is 12.4. The van der Waals surface area contributed by atoms with E-state index >= 15 is 0 Å². The number of nitrogens with zero attached hydrogens (tertiary/aromatic N) is 5. The van der Waals surface area contributed by atoms with E-state index < -0.39 is 11.8 Å². The highest BCUT2D eigenvalue weighted by Gasteiger charge is 2.36. The van der Waals surface area contributed by atoms with Crippen molar-refractivity contribution in [2.45, 2.75) is 36.6 Å². The topological polar surface area (TPSA) is 138 Å². The lowest BCUT2D eigenvalue weighted by molar-refractivity contribution is -0.119. The van der Waals surface area contributed by atoms with Crippen LogP contribution in [0.5, 0.6) is 0 Å². The Bertz CT molecular complexity index is 1450. The number of nitrogens with two attached hydrogens (primary N) is 1. The Kier molecular flexibility index (Phi) is 7.37. The zero-order valence-electron chi connectivity index (χ0n) is 21.5. The number of aliphatic hydroxyl groups is 1. The Morgan fingerprint density at radius 1 is 1.10 bits per heavy atom. The lowest BCUT2D eigenvalue weighted by Crippen LogP contribution is -2.38. The van der Waals surface area contributed by atoms with E-state index in [-0.39, 0.29) is 34.4 Å². The van der Waals surface area contributed by atoms with Crippen LogP contribution in [0.25, 0.3) is 0 Å². The van der Waals surface area contributed by atoms with Crippen LogP contribution in [0.2, 0.25) is 5.02 Å². The third kappa shape index (κ3) is 5.64. The number of rotatable bonds is 6. The van der Waals surface area contributed by atoms with Crippen molar-refractivity contribution in [2.75, 3.05) is 40.5 Å². The number of amides is 2. The van der Waals surface area contributed by atoms with Gasteiger partial charge in [-0.1, -0.05) is 61.5 Å². The molecule has 0 bridgehead atoms. The van der Waals surface area contributed by atoms with Gasteiger partial charge in [-0.05, 0) is 42.5 Å². The van der Waals surface area contributed by atoms with Crippen molar-refractivity contribution in [3.8, 4) is 0 Å². The van der Waals surface area contributed by atoms with Crippen molar-refractivity contribution < 1.29 is 14.7 Å². The molecule has 2 amide bonds.